The zero-order valence-corrected chi connectivity index (χ0v) is 14.5. The summed E-state index contributed by atoms with van der Waals surface area (Å²) in [5, 5.41) is 11.3. The van der Waals surface area contributed by atoms with Crippen molar-refractivity contribution in [3.8, 4) is 0 Å². The number of thiophene rings is 1. The van der Waals surface area contributed by atoms with E-state index < -0.39 is 12.0 Å². The summed E-state index contributed by atoms with van der Waals surface area (Å²) in [6.07, 6.45) is 4.52. The van der Waals surface area contributed by atoms with Crippen LogP contribution in [0.2, 0.25) is 0 Å². The van der Waals surface area contributed by atoms with E-state index in [0.29, 0.717) is 11.3 Å². The number of aliphatic carboxylic acids is 1. The molecule has 1 aliphatic heterocycles. The van der Waals surface area contributed by atoms with Crippen molar-refractivity contribution in [2.45, 2.75) is 44.2 Å². The number of amides is 2. The summed E-state index contributed by atoms with van der Waals surface area (Å²) in [5.41, 5.74) is 0. The standard InChI is InChI=1S/C17H22N2O4S/c1-18(16(21)14-7-4-8-24-14)10-15(20)19-12-6-3-2-5-11(12)9-13(19)17(22)23/h4,7-8,11-13H,2-3,5-6,9-10H2,1H3,(H,22,23). The maximum absolute atomic E-state index is 12.8. The highest BCUT2D eigenvalue weighted by molar-refractivity contribution is 7.12. The third-order valence-corrected chi connectivity index (χ3v) is 5.97. The van der Waals surface area contributed by atoms with E-state index in [4.69, 9.17) is 0 Å². The quantitative estimate of drug-likeness (QED) is 0.902. The summed E-state index contributed by atoms with van der Waals surface area (Å²) < 4.78 is 0. The topological polar surface area (TPSA) is 77.9 Å². The molecule has 1 aromatic heterocycles. The van der Waals surface area contributed by atoms with Crippen LogP contribution in [0.3, 0.4) is 0 Å². The smallest absolute Gasteiger partial charge is 0.326 e. The lowest BCUT2D eigenvalue weighted by atomic mass is 9.85. The number of rotatable bonds is 4. The monoisotopic (exact) mass is 350 g/mol. The second-order valence-electron chi connectivity index (χ2n) is 6.64. The first-order chi connectivity index (χ1) is 11.5. The molecule has 6 nitrogen and oxygen atoms in total. The molecule has 0 bridgehead atoms. The molecule has 1 saturated heterocycles. The molecule has 1 aromatic rings. The average Bonchev–Trinajstić information content (AvgIpc) is 3.21. The summed E-state index contributed by atoms with van der Waals surface area (Å²) >= 11 is 1.33. The Hall–Kier alpha value is -1.89. The Morgan fingerprint density at radius 2 is 2.08 bits per heavy atom. The molecule has 2 heterocycles. The summed E-state index contributed by atoms with van der Waals surface area (Å²) in [4.78, 5) is 40.2. The van der Waals surface area contributed by atoms with Crippen LogP contribution in [-0.2, 0) is 9.59 Å². The van der Waals surface area contributed by atoms with Gasteiger partial charge in [0.05, 0.1) is 11.4 Å². The van der Waals surface area contributed by atoms with E-state index in [1.807, 2.05) is 5.38 Å². The van der Waals surface area contributed by atoms with Gasteiger partial charge in [0.2, 0.25) is 5.91 Å². The van der Waals surface area contributed by atoms with Gasteiger partial charge in [-0.15, -0.1) is 11.3 Å². The van der Waals surface area contributed by atoms with E-state index >= 15 is 0 Å². The summed E-state index contributed by atoms with van der Waals surface area (Å²) in [7, 11) is 1.59. The van der Waals surface area contributed by atoms with Gasteiger partial charge in [-0.2, -0.15) is 0 Å². The first-order valence-electron chi connectivity index (χ1n) is 8.32. The molecule has 2 fully saturated rings. The van der Waals surface area contributed by atoms with E-state index in [0.717, 1.165) is 25.7 Å². The Kier molecular flexibility index (Phi) is 4.89. The molecule has 2 amide bonds. The van der Waals surface area contributed by atoms with E-state index in [1.54, 1.807) is 24.1 Å². The minimum absolute atomic E-state index is 0.0117. The number of nitrogens with zero attached hydrogens (tertiary/aromatic N) is 2. The molecule has 1 aliphatic carbocycles. The number of carboxylic acids is 1. The first kappa shape index (κ1) is 17.0. The normalized spacial score (nSPS) is 26.0. The summed E-state index contributed by atoms with van der Waals surface area (Å²) in [5.74, 6) is -1.12. The summed E-state index contributed by atoms with van der Waals surface area (Å²) in [6, 6.07) is 2.77. The Balaban J connectivity index is 1.72. The van der Waals surface area contributed by atoms with Crippen LogP contribution in [0.25, 0.3) is 0 Å². The molecule has 130 valence electrons. The molecule has 24 heavy (non-hydrogen) atoms. The fourth-order valence-electron chi connectivity index (χ4n) is 3.98. The number of hydrogen-bond donors (Lipinski definition) is 1. The Morgan fingerprint density at radius 1 is 1.33 bits per heavy atom. The van der Waals surface area contributed by atoms with Gasteiger partial charge in [0.1, 0.15) is 6.04 Å². The van der Waals surface area contributed by atoms with Gasteiger partial charge in [-0.05, 0) is 36.6 Å². The van der Waals surface area contributed by atoms with Crippen molar-refractivity contribution >= 4 is 29.1 Å². The first-order valence-corrected chi connectivity index (χ1v) is 9.20. The lowest BCUT2D eigenvalue weighted by Crippen LogP contribution is -2.50. The lowest BCUT2D eigenvalue weighted by molar-refractivity contribution is -0.150. The minimum Gasteiger partial charge on any atom is -0.480 e. The Morgan fingerprint density at radius 3 is 2.75 bits per heavy atom. The van der Waals surface area contributed by atoms with Gasteiger partial charge in [0, 0.05) is 13.1 Å². The van der Waals surface area contributed by atoms with Crippen LogP contribution in [-0.4, -0.2) is 58.4 Å². The Labute approximate surface area is 145 Å². The third kappa shape index (κ3) is 3.17. The maximum Gasteiger partial charge on any atom is 0.326 e. The molecule has 3 atom stereocenters. The minimum atomic E-state index is -0.940. The van der Waals surface area contributed by atoms with E-state index in [2.05, 4.69) is 0 Å². The van der Waals surface area contributed by atoms with Crippen molar-refractivity contribution in [2.24, 2.45) is 5.92 Å². The van der Waals surface area contributed by atoms with Crippen LogP contribution < -0.4 is 0 Å². The van der Waals surface area contributed by atoms with Gasteiger partial charge >= 0.3 is 5.97 Å². The van der Waals surface area contributed by atoms with Crippen LogP contribution in [0, 0.1) is 5.92 Å². The molecule has 7 heteroatoms. The van der Waals surface area contributed by atoms with E-state index in [-0.39, 0.29) is 30.3 Å². The predicted octanol–water partition coefficient (Wildman–Crippen LogP) is 2.06. The van der Waals surface area contributed by atoms with Crippen molar-refractivity contribution in [1.29, 1.82) is 0 Å². The number of carbonyl (C=O) groups excluding carboxylic acids is 2. The maximum atomic E-state index is 12.8. The molecule has 1 saturated carbocycles. The van der Waals surface area contributed by atoms with Gasteiger partial charge in [0.15, 0.2) is 0 Å². The number of likely N-dealkylation sites (N-methyl/N-ethyl adjacent to an activating group) is 1. The third-order valence-electron chi connectivity index (χ3n) is 5.11. The van der Waals surface area contributed by atoms with Crippen LogP contribution in [0.1, 0.15) is 41.8 Å². The highest BCUT2D eigenvalue weighted by atomic mass is 32.1. The molecule has 0 spiro atoms. The van der Waals surface area contributed by atoms with Crippen molar-refractivity contribution in [2.75, 3.05) is 13.6 Å². The largest absolute Gasteiger partial charge is 0.480 e. The number of carbonyl (C=O) groups is 3. The molecule has 3 rings (SSSR count). The van der Waals surface area contributed by atoms with Crippen LogP contribution in [0.5, 0.6) is 0 Å². The molecular weight excluding hydrogens is 328 g/mol. The van der Waals surface area contributed by atoms with Gasteiger partial charge in [-0.25, -0.2) is 4.79 Å². The van der Waals surface area contributed by atoms with Crippen LogP contribution in [0.15, 0.2) is 17.5 Å². The van der Waals surface area contributed by atoms with Crippen LogP contribution >= 0.6 is 11.3 Å². The average molecular weight is 350 g/mol. The highest BCUT2D eigenvalue weighted by Gasteiger charge is 2.47. The second kappa shape index (κ2) is 6.93. The lowest BCUT2D eigenvalue weighted by Gasteiger charge is -2.34. The highest BCUT2D eigenvalue weighted by Crippen LogP contribution is 2.39. The van der Waals surface area contributed by atoms with Crippen molar-refractivity contribution in [3.05, 3.63) is 22.4 Å². The number of fused-ring (bicyclic) bond motifs is 1. The van der Waals surface area contributed by atoms with Gasteiger partial charge < -0.3 is 14.9 Å². The van der Waals surface area contributed by atoms with Gasteiger partial charge in [-0.3, -0.25) is 9.59 Å². The number of carboxylic acid groups (broad SMARTS) is 1. The number of likely N-dealkylation sites (tertiary alicyclic amines) is 1. The predicted molar refractivity (Wildman–Crippen MR) is 89.9 cm³/mol. The fourth-order valence-corrected chi connectivity index (χ4v) is 4.70. The zero-order chi connectivity index (χ0) is 17.3. The van der Waals surface area contributed by atoms with Crippen molar-refractivity contribution < 1.29 is 19.5 Å². The molecule has 3 unspecified atom stereocenters. The van der Waals surface area contributed by atoms with Crippen molar-refractivity contribution in [3.63, 3.8) is 0 Å². The second-order valence-corrected chi connectivity index (χ2v) is 7.59. The van der Waals surface area contributed by atoms with E-state index in [1.165, 1.54) is 16.2 Å². The Bertz CT molecular complexity index is 631. The number of hydrogen-bond acceptors (Lipinski definition) is 4. The molecule has 2 aliphatic rings. The van der Waals surface area contributed by atoms with Gasteiger partial charge in [-0.1, -0.05) is 18.9 Å². The van der Waals surface area contributed by atoms with E-state index in [9.17, 15) is 19.5 Å². The SMILES string of the molecule is CN(CC(=O)N1C(C(=O)O)CC2CCCCC21)C(=O)c1cccs1. The van der Waals surface area contributed by atoms with Crippen LogP contribution in [0.4, 0.5) is 0 Å². The van der Waals surface area contributed by atoms with Crippen molar-refractivity contribution in [1.82, 2.24) is 9.80 Å². The zero-order valence-electron chi connectivity index (χ0n) is 13.7. The molecule has 0 aromatic carbocycles. The molecular formula is C17H22N2O4S. The molecule has 1 N–H and O–H groups in total. The summed E-state index contributed by atoms with van der Waals surface area (Å²) in [6.45, 7) is -0.0796. The molecule has 0 radical (unpaired) electrons. The van der Waals surface area contributed by atoms with Gasteiger partial charge in [0.25, 0.3) is 5.91 Å². The fraction of sp³-hybridized carbons (Fsp3) is 0.588.